The average Bonchev–Trinajstić information content (AvgIpc) is 2.88. The Balaban J connectivity index is 1.76. The maximum absolute atomic E-state index is 13.1. The highest BCUT2D eigenvalue weighted by Gasteiger charge is 2.35. The minimum Gasteiger partial charge on any atom is -0.298 e. The lowest BCUT2D eigenvalue weighted by Crippen LogP contribution is -2.35. The van der Waals surface area contributed by atoms with Gasteiger partial charge in [-0.3, -0.25) is 4.90 Å². The molecule has 0 amide bonds. The van der Waals surface area contributed by atoms with E-state index in [0.717, 1.165) is 24.2 Å². The van der Waals surface area contributed by atoms with Gasteiger partial charge in [0.2, 0.25) is 10.0 Å². The molecule has 2 aromatic carbocycles. The molecule has 0 bridgehead atoms. The van der Waals surface area contributed by atoms with Crippen molar-refractivity contribution in [3.63, 3.8) is 0 Å². The minimum absolute atomic E-state index is 0.221. The average molecular weight is 433 g/mol. The number of halogens is 4. The van der Waals surface area contributed by atoms with Gasteiger partial charge in [0.1, 0.15) is 0 Å². The molecule has 0 atom stereocenters. The molecule has 0 N–H and O–H groups in total. The first kappa shape index (κ1) is 21.1. The summed E-state index contributed by atoms with van der Waals surface area (Å²) in [7, 11) is -4.03. The van der Waals surface area contributed by atoms with Crippen molar-refractivity contribution in [3.05, 3.63) is 64.7 Å². The monoisotopic (exact) mass is 432 g/mol. The van der Waals surface area contributed by atoms with Crippen molar-refractivity contribution in [1.82, 2.24) is 9.21 Å². The van der Waals surface area contributed by atoms with Gasteiger partial charge in [0.05, 0.1) is 15.5 Å². The van der Waals surface area contributed by atoms with Gasteiger partial charge in [-0.05, 0) is 36.7 Å². The van der Waals surface area contributed by atoms with Crippen LogP contribution in [0.15, 0.2) is 53.4 Å². The lowest BCUT2D eigenvalue weighted by Gasteiger charge is -2.22. The van der Waals surface area contributed by atoms with Crippen LogP contribution in [0.2, 0.25) is 5.02 Å². The Morgan fingerprint density at radius 3 is 2.36 bits per heavy atom. The molecule has 152 valence electrons. The molecular weight excluding hydrogens is 413 g/mol. The van der Waals surface area contributed by atoms with Crippen LogP contribution in [-0.2, 0) is 22.7 Å². The van der Waals surface area contributed by atoms with E-state index in [1.54, 1.807) is 0 Å². The number of benzene rings is 2. The van der Waals surface area contributed by atoms with Crippen molar-refractivity contribution in [1.29, 1.82) is 0 Å². The van der Waals surface area contributed by atoms with E-state index in [0.29, 0.717) is 25.6 Å². The normalized spacial score (nSPS) is 17.4. The molecule has 0 unspecified atom stereocenters. The number of hydrogen-bond donors (Lipinski definition) is 0. The second kappa shape index (κ2) is 8.41. The van der Waals surface area contributed by atoms with Gasteiger partial charge in [0.15, 0.2) is 0 Å². The summed E-state index contributed by atoms with van der Waals surface area (Å²) in [6.07, 6.45) is -4.11. The minimum atomic E-state index is -4.71. The summed E-state index contributed by atoms with van der Waals surface area (Å²) in [6.45, 7) is 2.41. The number of alkyl halides is 3. The third-order valence-electron chi connectivity index (χ3n) is 4.68. The molecule has 4 nitrogen and oxygen atoms in total. The molecule has 1 aliphatic rings. The van der Waals surface area contributed by atoms with Crippen LogP contribution in [0.25, 0.3) is 0 Å². The van der Waals surface area contributed by atoms with Crippen LogP contribution >= 0.6 is 11.6 Å². The molecule has 0 radical (unpaired) electrons. The van der Waals surface area contributed by atoms with E-state index in [2.05, 4.69) is 4.90 Å². The molecule has 1 fully saturated rings. The highest BCUT2D eigenvalue weighted by atomic mass is 35.5. The van der Waals surface area contributed by atoms with E-state index < -0.39 is 26.8 Å². The Hall–Kier alpha value is -1.61. The second-order valence-corrected chi connectivity index (χ2v) is 9.00. The molecule has 3 rings (SSSR count). The number of rotatable bonds is 4. The Kier molecular flexibility index (Phi) is 6.34. The van der Waals surface area contributed by atoms with E-state index in [1.165, 1.54) is 4.31 Å². The van der Waals surface area contributed by atoms with Crippen molar-refractivity contribution >= 4 is 21.6 Å². The largest absolute Gasteiger partial charge is 0.417 e. The second-order valence-electron chi connectivity index (χ2n) is 6.66. The molecule has 0 spiro atoms. The Morgan fingerprint density at radius 2 is 1.68 bits per heavy atom. The van der Waals surface area contributed by atoms with Gasteiger partial charge < -0.3 is 0 Å². The van der Waals surface area contributed by atoms with Gasteiger partial charge >= 0.3 is 6.18 Å². The first-order chi connectivity index (χ1) is 13.2. The zero-order valence-corrected chi connectivity index (χ0v) is 16.6. The first-order valence-corrected chi connectivity index (χ1v) is 10.6. The quantitative estimate of drug-likeness (QED) is 0.725. The Morgan fingerprint density at radius 1 is 0.964 bits per heavy atom. The van der Waals surface area contributed by atoms with Crippen LogP contribution in [-0.4, -0.2) is 43.8 Å². The van der Waals surface area contributed by atoms with Crippen molar-refractivity contribution in [2.75, 3.05) is 26.2 Å². The van der Waals surface area contributed by atoms with E-state index in [9.17, 15) is 21.6 Å². The lowest BCUT2D eigenvalue weighted by molar-refractivity contribution is -0.137. The molecule has 1 aliphatic heterocycles. The highest BCUT2D eigenvalue weighted by Crippen LogP contribution is 2.36. The Bertz CT molecular complexity index is 921. The zero-order chi connectivity index (χ0) is 20.4. The smallest absolute Gasteiger partial charge is 0.298 e. The van der Waals surface area contributed by atoms with Crippen LogP contribution in [0.4, 0.5) is 13.2 Å². The predicted octanol–water partition coefficient (Wildman–Crippen LogP) is 4.26. The van der Waals surface area contributed by atoms with E-state index >= 15 is 0 Å². The van der Waals surface area contributed by atoms with Crippen LogP contribution in [0.5, 0.6) is 0 Å². The summed E-state index contributed by atoms with van der Waals surface area (Å²) in [6, 6.07) is 12.6. The van der Waals surface area contributed by atoms with Crippen LogP contribution in [0, 0.1) is 0 Å². The summed E-state index contributed by atoms with van der Waals surface area (Å²) in [5.41, 5.74) is -0.0119. The van der Waals surface area contributed by atoms with Gasteiger partial charge in [-0.25, -0.2) is 8.42 Å². The summed E-state index contributed by atoms with van der Waals surface area (Å²) >= 11 is 5.60. The molecular formula is C19H20ClF3N2O2S. The van der Waals surface area contributed by atoms with Gasteiger partial charge in [0.25, 0.3) is 0 Å². The zero-order valence-electron chi connectivity index (χ0n) is 15.0. The maximum Gasteiger partial charge on any atom is 0.417 e. The first-order valence-electron chi connectivity index (χ1n) is 8.81. The molecule has 0 saturated carbocycles. The van der Waals surface area contributed by atoms with Crippen LogP contribution in [0.3, 0.4) is 0 Å². The molecule has 0 aliphatic carbocycles. The standard InChI is InChI=1S/C19H20ClF3N2O2S/c20-18-8-7-16(13-17(18)19(21,22)23)28(26,27)25-10-4-9-24(11-12-25)14-15-5-2-1-3-6-15/h1-3,5-8,13H,4,9-12,14H2. The third kappa shape index (κ3) is 4.86. The predicted molar refractivity (Wildman–Crippen MR) is 102 cm³/mol. The molecule has 2 aromatic rings. The summed E-state index contributed by atoms with van der Waals surface area (Å²) < 4.78 is 66.3. The number of sulfonamides is 1. The van der Waals surface area contributed by atoms with Crippen molar-refractivity contribution in [2.45, 2.75) is 24.0 Å². The molecule has 0 aromatic heterocycles. The molecule has 9 heteroatoms. The van der Waals surface area contributed by atoms with Gasteiger partial charge in [-0.2, -0.15) is 17.5 Å². The van der Waals surface area contributed by atoms with Gasteiger partial charge in [-0.1, -0.05) is 41.9 Å². The van der Waals surface area contributed by atoms with E-state index in [-0.39, 0.29) is 18.0 Å². The molecule has 1 heterocycles. The maximum atomic E-state index is 13.1. The van der Waals surface area contributed by atoms with Crippen molar-refractivity contribution < 1.29 is 21.6 Å². The summed E-state index contributed by atoms with van der Waals surface area (Å²) in [5, 5.41) is -0.517. The summed E-state index contributed by atoms with van der Waals surface area (Å²) in [5.74, 6) is 0. The van der Waals surface area contributed by atoms with E-state index in [4.69, 9.17) is 11.6 Å². The molecule has 28 heavy (non-hydrogen) atoms. The fraction of sp³-hybridized carbons (Fsp3) is 0.368. The third-order valence-corrected chi connectivity index (χ3v) is 6.90. The topological polar surface area (TPSA) is 40.6 Å². The lowest BCUT2D eigenvalue weighted by atomic mass is 10.2. The number of nitrogens with zero attached hydrogens (tertiary/aromatic N) is 2. The van der Waals surface area contributed by atoms with Gasteiger partial charge in [0, 0.05) is 26.2 Å². The Labute approximate surface area is 167 Å². The highest BCUT2D eigenvalue weighted by molar-refractivity contribution is 7.89. The summed E-state index contributed by atoms with van der Waals surface area (Å²) in [4.78, 5) is 1.76. The fourth-order valence-corrected chi connectivity index (χ4v) is 4.94. The SMILES string of the molecule is O=S(=O)(c1ccc(Cl)c(C(F)(F)F)c1)N1CCCN(Cc2ccccc2)CC1. The van der Waals surface area contributed by atoms with Crippen molar-refractivity contribution in [3.8, 4) is 0 Å². The van der Waals surface area contributed by atoms with Crippen molar-refractivity contribution in [2.24, 2.45) is 0 Å². The van der Waals surface area contributed by atoms with Crippen LogP contribution in [0.1, 0.15) is 17.5 Å². The molecule has 1 saturated heterocycles. The van der Waals surface area contributed by atoms with Crippen LogP contribution < -0.4 is 0 Å². The fourth-order valence-electron chi connectivity index (χ4n) is 3.22. The van der Waals surface area contributed by atoms with Gasteiger partial charge in [-0.15, -0.1) is 0 Å². The number of hydrogen-bond acceptors (Lipinski definition) is 3. The van der Waals surface area contributed by atoms with E-state index in [1.807, 2.05) is 30.3 Å².